The van der Waals surface area contributed by atoms with Crippen LogP contribution >= 0.6 is 0 Å². The number of rotatable bonds is 4. The van der Waals surface area contributed by atoms with E-state index in [0.717, 1.165) is 12.1 Å². The molecule has 1 N–H and O–H groups in total. The number of nitrogens with zero attached hydrogens (tertiary/aromatic N) is 3. The van der Waals surface area contributed by atoms with Gasteiger partial charge in [0.25, 0.3) is 5.89 Å². The third-order valence-corrected chi connectivity index (χ3v) is 4.04. The number of aliphatic carboxylic acids is 1. The molecule has 21 heavy (non-hydrogen) atoms. The molecule has 1 aliphatic heterocycles. The minimum absolute atomic E-state index is 0.0128. The molecule has 1 aromatic heterocycles. The fourth-order valence-corrected chi connectivity index (χ4v) is 2.75. The van der Waals surface area contributed by atoms with E-state index in [4.69, 9.17) is 9.63 Å². The number of carboxylic acid groups (broad SMARTS) is 1. The molecule has 2 atom stereocenters. The fourth-order valence-electron chi connectivity index (χ4n) is 2.75. The Hall–Kier alpha value is -2.21. The highest BCUT2D eigenvalue weighted by Crippen LogP contribution is 2.26. The molecule has 2 heterocycles. The van der Waals surface area contributed by atoms with E-state index in [2.05, 4.69) is 15.0 Å². The summed E-state index contributed by atoms with van der Waals surface area (Å²) in [5.41, 5.74) is 0.883. The molecule has 2 unspecified atom stereocenters. The predicted octanol–water partition coefficient (Wildman–Crippen LogP) is 2.03. The van der Waals surface area contributed by atoms with Crippen molar-refractivity contribution < 1.29 is 14.4 Å². The Balaban J connectivity index is 1.70. The third kappa shape index (κ3) is 2.80. The summed E-state index contributed by atoms with van der Waals surface area (Å²) in [6, 6.07) is 9.57. The summed E-state index contributed by atoms with van der Waals surface area (Å²) in [6.45, 7) is 3.19. The molecule has 0 radical (unpaired) electrons. The van der Waals surface area contributed by atoms with Gasteiger partial charge < -0.3 is 9.63 Å². The van der Waals surface area contributed by atoms with Crippen LogP contribution in [0, 0.1) is 5.92 Å². The topological polar surface area (TPSA) is 79.5 Å². The van der Waals surface area contributed by atoms with Crippen molar-refractivity contribution in [2.45, 2.75) is 25.9 Å². The number of carbonyl (C=O) groups is 1. The van der Waals surface area contributed by atoms with Gasteiger partial charge in [-0.2, -0.15) is 4.98 Å². The number of carboxylic acids is 1. The van der Waals surface area contributed by atoms with E-state index in [1.807, 2.05) is 37.3 Å². The van der Waals surface area contributed by atoms with Gasteiger partial charge in [0.1, 0.15) is 0 Å². The maximum absolute atomic E-state index is 11.1. The molecule has 0 bridgehead atoms. The highest BCUT2D eigenvalue weighted by Gasteiger charge is 2.36. The van der Waals surface area contributed by atoms with Crippen LogP contribution in [0.5, 0.6) is 0 Å². The minimum atomic E-state index is -0.733. The van der Waals surface area contributed by atoms with E-state index in [0.29, 0.717) is 24.7 Å². The van der Waals surface area contributed by atoms with Gasteiger partial charge in [0.15, 0.2) is 5.82 Å². The fraction of sp³-hybridized carbons (Fsp3) is 0.400. The molecule has 1 fully saturated rings. The van der Waals surface area contributed by atoms with E-state index in [9.17, 15) is 4.79 Å². The molecule has 1 aliphatic rings. The molecule has 0 spiro atoms. The molecule has 0 amide bonds. The Kier molecular flexibility index (Phi) is 3.70. The Morgan fingerprint density at radius 3 is 2.86 bits per heavy atom. The minimum Gasteiger partial charge on any atom is -0.481 e. The van der Waals surface area contributed by atoms with Gasteiger partial charge in [-0.1, -0.05) is 23.4 Å². The lowest BCUT2D eigenvalue weighted by atomic mass is 10.0. The van der Waals surface area contributed by atoms with Gasteiger partial charge in [-0.25, -0.2) is 0 Å². The van der Waals surface area contributed by atoms with Crippen LogP contribution in [0.4, 0.5) is 0 Å². The first-order valence-electron chi connectivity index (χ1n) is 7.00. The first-order valence-corrected chi connectivity index (χ1v) is 7.00. The quantitative estimate of drug-likeness (QED) is 0.927. The Morgan fingerprint density at radius 2 is 2.19 bits per heavy atom. The summed E-state index contributed by atoms with van der Waals surface area (Å²) in [5, 5.41) is 13.1. The zero-order valence-electron chi connectivity index (χ0n) is 11.8. The molecular weight excluding hydrogens is 270 g/mol. The van der Waals surface area contributed by atoms with Crippen molar-refractivity contribution in [3.8, 4) is 11.5 Å². The largest absolute Gasteiger partial charge is 0.481 e. The lowest BCUT2D eigenvalue weighted by Crippen LogP contribution is -2.32. The molecule has 6 nitrogen and oxygen atoms in total. The molecule has 0 aliphatic carbocycles. The van der Waals surface area contributed by atoms with Crippen LogP contribution in [0.2, 0.25) is 0 Å². The molecule has 6 heteroatoms. The van der Waals surface area contributed by atoms with Crippen molar-refractivity contribution in [1.29, 1.82) is 0 Å². The highest BCUT2D eigenvalue weighted by molar-refractivity contribution is 5.71. The molecule has 1 saturated heterocycles. The molecule has 3 rings (SSSR count). The second kappa shape index (κ2) is 5.65. The SMILES string of the molecule is CC1C(C(=O)O)CCN1Cc1noc(-c2ccccc2)n1. The number of benzene rings is 1. The normalized spacial score (nSPS) is 22.5. The predicted molar refractivity (Wildman–Crippen MR) is 75.3 cm³/mol. The highest BCUT2D eigenvalue weighted by atomic mass is 16.5. The number of hydrogen-bond acceptors (Lipinski definition) is 5. The average Bonchev–Trinajstić information content (AvgIpc) is 3.08. The Bertz CT molecular complexity index is 626. The number of hydrogen-bond donors (Lipinski definition) is 1. The van der Waals surface area contributed by atoms with E-state index in [1.165, 1.54) is 0 Å². The lowest BCUT2D eigenvalue weighted by Gasteiger charge is -2.20. The van der Waals surface area contributed by atoms with Gasteiger partial charge in [0.05, 0.1) is 12.5 Å². The van der Waals surface area contributed by atoms with Crippen LogP contribution in [0.15, 0.2) is 34.9 Å². The number of aromatic nitrogens is 2. The van der Waals surface area contributed by atoms with Crippen molar-refractivity contribution in [2.75, 3.05) is 6.54 Å². The van der Waals surface area contributed by atoms with Crippen molar-refractivity contribution in [3.05, 3.63) is 36.2 Å². The van der Waals surface area contributed by atoms with Crippen molar-refractivity contribution >= 4 is 5.97 Å². The van der Waals surface area contributed by atoms with E-state index in [-0.39, 0.29) is 12.0 Å². The zero-order chi connectivity index (χ0) is 14.8. The van der Waals surface area contributed by atoms with Gasteiger partial charge in [0, 0.05) is 11.6 Å². The van der Waals surface area contributed by atoms with Crippen molar-refractivity contribution in [1.82, 2.24) is 15.0 Å². The van der Waals surface area contributed by atoms with Gasteiger partial charge in [0.2, 0.25) is 0 Å². The van der Waals surface area contributed by atoms with Gasteiger partial charge in [-0.3, -0.25) is 9.69 Å². The average molecular weight is 287 g/mol. The summed E-state index contributed by atoms with van der Waals surface area (Å²) in [5.74, 6) is 0.0348. The van der Waals surface area contributed by atoms with Crippen LogP contribution in [0.25, 0.3) is 11.5 Å². The summed E-state index contributed by atoms with van der Waals surface area (Å²) < 4.78 is 5.27. The van der Waals surface area contributed by atoms with E-state index in [1.54, 1.807) is 0 Å². The Labute approximate surface area is 122 Å². The second-order valence-electron chi connectivity index (χ2n) is 5.33. The summed E-state index contributed by atoms with van der Waals surface area (Å²) in [6.07, 6.45) is 0.667. The molecule has 0 saturated carbocycles. The summed E-state index contributed by atoms with van der Waals surface area (Å²) >= 11 is 0. The monoisotopic (exact) mass is 287 g/mol. The maximum Gasteiger partial charge on any atom is 0.308 e. The van der Waals surface area contributed by atoms with Gasteiger partial charge >= 0.3 is 5.97 Å². The first kappa shape index (κ1) is 13.8. The van der Waals surface area contributed by atoms with E-state index >= 15 is 0 Å². The van der Waals surface area contributed by atoms with Gasteiger partial charge in [-0.15, -0.1) is 0 Å². The van der Waals surface area contributed by atoms with E-state index < -0.39 is 5.97 Å². The molecular formula is C15H17N3O3. The standard InChI is InChI=1S/C15H17N3O3/c1-10-12(15(19)20)7-8-18(10)9-13-16-14(21-17-13)11-5-3-2-4-6-11/h2-6,10,12H,7-9H2,1H3,(H,19,20). The maximum atomic E-state index is 11.1. The van der Waals surface area contributed by atoms with Crippen molar-refractivity contribution in [3.63, 3.8) is 0 Å². The zero-order valence-corrected chi connectivity index (χ0v) is 11.8. The van der Waals surface area contributed by atoms with Crippen LogP contribution in [-0.2, 0) is 11.3 Å². The van der Waals surface area contributed by atoms with Crippen molar-refractivity contribution in [2.24, 2.45) is 5.92 Å². The molecule has 2 aromatic rings. The Morgan fingerprint density at radius 1 is 1.43 bits per heavy atom. The third-order valence-electron chi connectivity index (χ3n) is 4.04. The van der Waals surface area contributed by atoms with Crippen LogP contribution < -0.4 is 0 Å². The van der Waals surface area contributed by atoms with Crippen LogP contribution in [0.1, 0.15) is 19.2 Å². The first-order chi connectivity index (χ1) is 10.1. The molecule has 1 aromatic carbocycles. The lowest BCUT2D eigenvalue weighted by molar-refractivity contribution is -0.142. The smallest absolute Gasteiger partial charge is 0.308 e. The van der Waals surface area contributed by atoms with Crippen LogP contribution in [0.3, 0.4) is 0 Å². The number of likely N-dealkylation sites (tertiary alicyclic amines) is 1. The summed E-state index contributed by atoms with van der Waals surface area (Å²) in [7, 11) is 0. The molecule has 110 valence electrons. The van der Waals surface area contributed by atoms with Crippen LogP contribution in [-0.4, -0.2) is 38.7 Å². The summed E-state index contributed by atoms with van der Waals surface area (Å²) in [4.78, 5) is 17.6. The van der Waals surface area contributed by atoms with Gasteiger partial charge in [-0.05, 0) is 32.0 Å². The second-order valence-corrected chi connectivity index (χ2v) is 5.33.